The van der Waals surface area contributed by atoms with Gasteiger partial charge < -0.3 is 15.7 Å². The first-order chi connectivity index (χ1) is 7.90. The number of benzene rings is 1. The fourth-order valence-electron chi connectivity index (χ4n) is 0.999. The molecule has 2 amide bonds. The topological polar surface area (TPSA) is 78.4 Å². The molecule has 1 aromatic carbocycles. The lowest BCUT2D eigenvalue weighted by molar-refractivity contribution is -0.138. The van der Waals surface area contributed by atoms with Crippen molar-refractivity contribution < 1.29 is 14.7 Å². The van der Waals surface area contributed by atoms with Gasteiger partial charge in [0.05, 0.1) is 10.0 Å². The van der Waals surface area contributed by atoms with E-state index >= 15 is 0 Å². The number of hydrogen-bond acceptors (Lipinski definition) is 2. The maximum absolute atomic E-state index is 11.4. The van der Waals surface area contributed by atoms with Crippen LogP contribution >= 0.6 is 23.2 Å². The summed E-state index contributed by atoms with van der Waals surface area (Å²) in [5.41, 5.74) is 0.425. The van der Waals surface area contributed by atoms with Crippen molar-refractivity contribution in [1.29, 1.82) is 0 Å². The monoisotopic (exact) mass is 276 g/mol. The fraction of sp³-hybridized carbons (Fsp3) is 0.200. The Kier molecular flexibility index (Phi) is 4.60. The van der Waals surface area contributed by atoms with Crippen molar-refractivity contribution in [3.8, 4) is 0 Å². The Hall–Kier alpha value is -1.46. The molecule has 0 unspecified atom stereocenters. The molecule has 0 aliphatic rings. The van der Waals surface area contributed by atoms with E-state index in [9.17, 15) is 9.59 Å². The lowest BCUT2D eigenvalue weighted by atomic mass is 10.3. The minimum atomic E-state index is -1.12. The summed E-state index contributed by atoms with van der Waals surface area (Å²) in [6.07, 6.45) is 0. The summed E-state index contributed by atoms with van der Waals surface area (Å²) in [6.45, 7) is 1.36. The number of urea groups is 1. The van der Waals surface area contributed by atoms with Crippen LogP contribution in [0.1, 0.15) is 6.92 Å². The second kappa shape index (κ2) is 5.75. The van der Waals surface area contributed by atoms with Gasteiger partial charge in [0.15, 0.2) is 0 Å². The van der Waals surface area contributed by atoms with Gasteiger partial charge in [0.2, 0.25) is 0 Å². The van der Waals surface area contributed by atoms with Crippen molar-refractivity contribution in [3.05, 3.63) is 28.2 Å². The van der Waals surface area contributed by atoms with Crippen LogP contribution in [0.15, 0.2) is 18.2 Å². The zero-order valence-electron chi connectivity index (χ0n) is 8.83. The van der Waals surface area contributed by atoms with Gasteiger partial charge in [-0.25, -0.2) is 4.79 Å². The Morgan fingerprint density at radius 3 is 2.47 bits per heavy atom. The predicted octanol–water partition coefficient (Wildman–Crippen LogP) is 2.59. The third-order valence-corrected chi connectivity index (χ3v) is 2.63. The van der Waals surface area contributed by atoms with Crippen LogP contribution in [0.25, 0.3) is 0 Å². The van der Waals surface area contributed by atoms with Crippen molar-refractivity contribution in [3.63, 3.8) is 0 Å². The van der Waals surface area contributed by atoms with E-state index in [2.05, 4.69) is 10.6 Å². The molecule has 1 rings (SSSR count). The van der Waals surface area contributed by atoms with Gasteiger partial charge in [0.1, 0.15) is 6.04 Å². The zero-order valence-corrected chi connectivity index (χ0v) is 10.3. The average Bonchev–Trinajstić information content (AvgIpc) is 2.23. The maximum atomic E-state index is 11.4. The van der Waals surface area contributed by atoms with E-state index in [1.807, 2.05) is 0 Å². The van der Waals surface area contributed by atoms with E-state index in [-0.39, 0.29) is 0 Å². The number of rotatable bonds is 3. The second-order valence-electron chi connectivity index (χ2n) is 3.29. The number of carbonyl (C=O) groups is 2. The van der Waals surface area contributed by atoms with Crippen LogP contribution in [-0.2, 0) is 4.79 Å². The van der Waals surface area contributed by atoms with Crippen LogP contribution in [0.3, 0.4) is 0 Å². The summed E-state index contributed by atoms with van der Waals surface area (Å²) in [6, 6.07) is 2.95. The average molecular weight is 277 g/mol. The molecular formula is C10H10Cl2N2O3. The highest BCUT2D eigenvalue weighted by atomic mass is 35.5. The number of carboxylic acids is 1. The van der Waals surface area contributed by atoms with Crippen molar-refractivity contribution >= 4 is 40.9 Å². The molecular weight excluding hydrogens is 267 g/mol. The molecule has 17 heavy (non-hydrogen) atoms. The highest BCUT2D eigenvalue weighted by molar-refractivity contribution is 6.42. The molecule has 0 heterocycles. The first kappa shape index (κ1) is 13.6. The highest BCUT2D eigenvalue weighted by Gasteiger charge is 2.13. The van der Waals surface area contributed by atoms with E-state index in [0.29, 0.717) is 15.7 Å². The number of hydrogen-bond donors (Lipinski definition) is 3. The summed E-state index contributed by atoms with van der Waals surface area (Å²) in [7, 11) is 0. The zero-order chi connectivity index (χ0) is 13.0. The molecule has 1 aromatic rings. The van der Waals surface area contributed by atoms with Gasteiger partial charge in [-0.15, -0.1) is 0 Å². The Labute approximate surface area is 108 Å². The first-order valence-electron chi connectivity index (χ1n) is 4.65. The Morgan fingerprint density at radius 1 is 1.29 bits per heavy atom. The molecule has 0 spiro atoms. The minimum absolute atomic E-state index is 0.302. The third-order valence-electron chi connectivity index (χ3n) is 1.90. The van der Waals surface area contributed by atoms with E-state index in [1.54, 1.807) is 6.07 Å². The molecule has 0 aliphatic carbocycles. The number of carbonyl (C=O) groups excluding carboxylic acids is 1. The van der Waals surface area contributed by atoms with Gasteiger partial charge >= 0.3 is 12.0 Å². The van der Waals surface area contributed by atoms with Gasteiger partial charge in [-0.2, -0.15) is 0 Å². The van der Waals surface area contributed by atoms with E-state index in [0.717, 1.165) is 0 Å². The van der Waals surface area contributed by atoms with E-state index in [1.165, 1.54) is 19.1 Å². The number of halogens is 2. The number of amides is 2. The lowest BCUT2D eigenvalue weighted by Gasteiger charge is -2.11. The van der Waals surface area contributed by atoms with Crippen LogP contribution in [0, 0.1) is 0 Å². The van der Waals surface area contributed by atoms with E-state index in [4.69, 9.17) is 28.3 Å². The molecule has 0 fully saturated rings. The lowest BCUT2D eigenvalue weighted by Crippen LogP contribution is -2.40. The third kappa shape index (κ3) is 4.13. The smallest absolute Gasteiger partial charge is 0.325 e. The standard InChI is InChI=1S/C10H10Cl2N2O3/c1-5(9(15)16)13-10(17)14-6-2-3-7(11)8(12)4-6/h2-5H,1H3,(H,15,16)(H2,13,14,17)/t5-/m0/s1. The Morgan fingerprint density at radius 2 is 1.94 bits per heavy atom. The molecule has 0 aromatic heterocycles. The normalized spacial score (nSPS) is 11.7. The number of nitrogens with one attached hydrogen (secondary N) is 2. The molecule has 1 atom stereocenters. The van der Waals surface area contributed by atoms with Crippen molar-refractivity contribution in [1.82, 2.24) is 5.32 Å². The van der Waals surface area contributed by atoms with Crippen LogP contribution < -0.4 is 10.6 Å². The summed E-state index contributed by atoms with van der Waals surface area (Å²) >= 11 is 11.5. The number of carboxylic acid groups (broad SMARTS) is 1. The minimum Gasteiger partial charge on any atom is -0.480 e. The molecule has 0 saturated heterocycles. The van der Waals surface area contributed by atoms with Gasteiger partial charge in [0, 0.05) is 5.69 Å². The van der Waals surface area contributed by atoms with Crippen molar-refractivity contribution in [2.75, 3.05) is 5.32 Å². The molecule has 92 valence electrons. The molecule has 7 heteroatoms. The summed E-state index contributed by atoms with van der Waals surface area (Å²) in [5, 5.41) is 13.9. The van der Waals surface area contributed by atoms with Crippen LogP contribution in [0.5, 0.6) is 0 Å². The highest BCUT2D eigenvalue weighted by Crippen LogP contribution is 2.24. The molecule has 0 bridgehead atoms. The van der Waals surface area contributed by atoms with Crippen LogP contribution in [0.2, 0.25) is 10.0 Å². The number of anilines is 1. The summed E-state index contributed by atoms with van der Waals surface area (Å²) in [4.78, 5) is 21.9. The summed E-state index contributed by atoms with van der Waals surface area (Å²) in [5.74, 6) is -1.12. The van der Waals surface area contributed by atoms with Gasteiger partial charge in [-0.05, 0) is 25.1 Å². The Bertz CT molecular complexity index is 451. The van der Waals surface area contributed by atoms with Crippen molar-refractivity contribution in [2.24, 2.45) is 0 Å². The largest absolute Gasteiger partial charge is 0.480 e. The van der Waals surface area contributed by atoms with Gasteiger partial charge in [0.25, 0.3) is 0 Å². The molecule has 0 radical (unpaired) electrons. The van der Waals surface area contributed by atoms with Gasteiger partial charge in [-0.1, -0.05) is 23.2 Å². The van der Waals surface area contributed by atoms with E-state index < -0.39 is 18.0 Å². The Balaban J connectivity index is 2.62. The molecule has 3 N–H and O–H groups in total. The number of aliphatic carboxylic acids is 1. The molecule has 5 nitrogen and oxygen atoms in total. The van der Waals surface area contributed by atoms with Crippen LogP contribution in [0.4, 0.5) is 10.5 Å². The van der Waals surface area contributed by atoms with Gasteiger partial charge in [-0.3, -0.25) is 4.79 Å². The SMILES string of the molecule is C[C@H](NC(=O)Nc1ccc(Cl)c(Cl)c1)C(=O)O. The van der Waals surface area contributed by atoms with Crippen molar-refractivity contribution in [2.45, 2.75) is 13.0 Å². The predicted molar refractivity (Wildman–Crippen MR) is 65.7 cm³/mol. The quantitative estimate of drug-likeness (QED) is 0.794. The maximum Gasteiger partial charge on any atom is 0.325 e. The fourth-order valence-corrected chi connectivity index (χ4v) is 1.30. The second-order valence-corrected chi connectivity index (χ2v) is 4.10. The first-order valence-corrected chi connectivity index (χ1v) is 5.41. The van der Waals surface area contributed by atoms with Crippen LogP contribution in [-0.4, -0.2) is 23.1 Å². The summed E-state index contributed by atoms with van der Waals surface area (Å²) < 4.78 is 0. The molecule has 0 aliphatic heterocycles. The molecule has 0 saturated carbocycles.